The van der Waals surface area contributed by atoms with Crippen LogP contribution < -0.4 is 5.32 Å². The number of rotatable bonds is 8. The van der Waals surface area contributed by atoms with Crippen LogP contribution in [0.2, 0.25) is 5.02 Å². The molecule has 2 N–H and O–H groups in total. The van der Waals surface area contributed by atoms with Crippen molar-refractivity contribution >= 4 is 23.5 Å². The van der Waals surface area contributed by atoms with Crippen molar-refractivity contribution in [2.75, 3.05) is 6.54 Å². The SMILES string of the molecule is CCCC(CNC(=O)CCc1ccccc1Cl)C(=O)O. The summed E-state index contributed by atoms with van der Waals surface area (Å²) in [6.45, 7) is 2.11. The molecule has 1 aromatic carbocycles. The second kappa shape index (κ2) is 8.59. The summed E-state index contributed by atoms with van der Waals surface area (Å²) in [5, 5.41) is 12.3. The zero-order valence-corrected chi connectivity index (χ0v) is 12.3. The highest BCUT2D eigenvalue weighted by Gasteiger charge is 2.17. The first-order valence-corrected chi connectivity index (χ1v) is 7.15. The van der Waals surface area contributed by atoms with Crippen molar-refractivity contribution in [2.24, 2.45) is 5.92 Å². The molecule has 0 aromatic heterocycles. The molecule has 0 radical (unpaired) electrons. The third-order valence-electron chi connectivity index (χ3n) is 3.11. The summed E-state index contributed by atoms with van der Waals surface area (Å²) in [6.07, 6.45) is 2.21. The molecule has 0 saturated carbocycles. The number of aliphatic carboxylic acids is 1. The van der Waals surface area contributed by atoms with Crippen LogP contribution in [0.4, 0.5) is 0 Å². The third-order valence-corrected chi connectivity index (χ3v) is 3.48. The van der Waals surface area contributed by atoms with Crippen LogP contribution in [0.15, 0.2) is 24.3 Å². The lowest BCUT2D eigenvalue weighted by Crippen LogP contribution is -2.33. The van der Waals surface area contributed by atoms with Crippen LogP contribution in [0.3, 0.4) is 0 Å². The first-order valence-electron chi connectivity index (χ1n) is 6.77. The number of hydrogen-bond donors (Lipinski definition) is 2. The van der Waals surface area contributed by atoms with E-state index >= 15 is 0 Å². The molecular weight excluding hydrogens is 278 g/mol. The lowest BCUT2D eigenvalue weighted by molar-refractivity contribution is -0.141. The molecule has 0 heterocycles. The molecule has 0 aliphatic heterocycles. The number of carbonyl (C=O) groups is 2. The van der Waals surface area contributed by atoms with Crippen LogP contribution in [-0.4, -0.2) is 23.5 Å². The van der Waals surface area contributed by atoms with Gasteiger partial charge in [0.2, 0.25) is 5.91 Å². The average molecular weight is 298 g/mol. The lowest BCUT2D eigenvalue weighted by atomic mass is 10.0. The number of halogens is 1. The van der Waals surface area contributed by atoms with Gasteiger partial charge in [0.25, 0.3) is 0 Å². The maximum atomic E-state index is 11.7. The first kappa shape index (κ1) is 16.5. The number of carbonyl (C=O) groups excluding carboxylic acids is 1. The number of nitrogens with one attached hydrogen (secondary N) is 1. The molecule has 5 heteroatoms. The highest BCUT2D eigenvalue weighted by Crippen LogP contribution is 2.16. The van der Waals surface area contributed by atoms with E-state index in [0.29, 0.717) is 24.3 Å². The highest BCUT2D eigenvalue weighted by molar-refractivity contribution is 6.31. The predicted octanol–water partition coefficient (Wildman–Crippen LogP) is 2.89. The van der Waals surface area contributed by atoms with Crippen LogP contribution in [0, 0.1) is 5.92 Å². The molecule has 1 aromatic rings. The summed E-state index contributed by atoms with van der Waals surface area (Å²) in [5.41, 5.74) is 0.924. The molecule has 1 amide bonds. The Bertz CT molecular complexity index is 462. The molecule has 0 fully saturated rings. The van der Waals surface area contributed by atoms with Crippen LogP contribution in [0.5, 0.6) is 0 Å². The van der Waals surface area contributed by atoms with Crippen molar-refractivity contribution in [2.45, 2.75) is 32.6 Å². The average Bonchev–Trinajstić information content (AvgIpc) is 2.42. The van der Waals surface area contributed by atoms with E-state index in [1.165, 1.54) is 0 Å². The van der Waals surface area contributed by atoms with Crippen LogP contribution in [0.25, 0.3) is 0 Å². The van der Waals surface area contributed by atoms with Crippen LogP contribution in [0.1, 0.15) is 31.7 Å². The Morgan fingerprint density at radius 1 is 1.35 bits per heavy atom. The summed E-state index contributed by atoms with van der Waals surface area (Å²) in [4.78, 5) is 22.7. The van der Waals surface area contributed by atoms with Gasteiger partial charge in [-0.15, -0.1) is 0 Å². The largest absolute Gasteiger partial charge is 0.481 e. The third kappa shape index (κ3) is 5.61. The maximum Gasteiger partial charge on any atom is 0.308 e. The summed E-state index contributed by atoms with van der Waals surface area (Å²) in [5.74, 6) is -1.52. The molecule has 0 spiro atoms. The summed E-state index contributed by atoms with van der Waals surface area (Å²) >= 11 is 6.01. The zero-order valence-electron chi connectivity index (χ0n) is 11.6. The first-order chi connectivity index (χ1) is 9.54. The van der Waals surface area contributed by atoms with Gasteiger partial charge in [-0.25, -0.2) is 0 Å². The minimum atomic E-state index is -0.863. The summed E-state index contributed by atoms with van der Waals surface area (Å²) in [6, 6.07) is 7.39. The second-order valence-corrected chi connectivity index (χ2v) is 5.13. The van der Waals surface area contributed by atoms with Gasteiger partial charge in [-0.3, -0.25) is 9.59 Å². The summed E-state index contributed by atoms with van der Waals surface area (Å²) in [7, 11) is 0. The quantitative estimate of drug-likeness (QED) is 0.775. The molecule has 0 bridgehead atoms. The van der Waals surface area contributed by atoms with Crippen molar-refractivity contribution in [1.82, 2.24) is 5.32 Å². The van der Waals surface area contributed by atoms with Crippen molar-refractivity contribution in [3.8, 4) is 0 Å². The van der Waals surface area contributed by atoms with Gasteiger partial charge in [-0.05, 0) is 24.5 Å². The van der Waals surface area contributed by atoms with Gasteiger partial charge in [0.15, 0.2) is 0 Å². The molecule has 0 aliphatic rings. The van der Waals surface area contributed by atoms with E-state index in [2.05, 4.69) is 5.32 Å². The Hall–Kier alpha value is -1.55. The van der Waals surface area contributed by atoms with E-state index in [4.69, 9.17) is 16.7 Å². The Kier molecular flexibility index (Phi) is 7.09. The fourth-order valence-corrected chi connectivity index (χ4v) is 2.17. The number of amides is 1. The predicted molar refractivity (Wildman–Crippen MR) is 78.8 cm³/mol. The Labute approximate surface area is 124 Å². The summed E-state index contributed by atoms with van der Waals surface area (Å²) < 4.78 is 0. The second-order valence-electron chi connectivity index (χ2n) is 4.72. The lowest BCUT2D eigenvalue weighted by Gasteiger charge is -2.12. The Morgan fingerprint density at radius 3 is 2.65 bits per heavy atom. The van der Waals surface area contributed by atoms with Crippen molar-refractivity contribution in [1.29, 1.82) is 0 Å². The standard InChI is InChI=1S/C15H20ClNO3/c1-2-5-12(15(19)20)10-17-14(18)9-8-11-6-3-4-7-13(11)16/h3-4,6-7,12H,2,5,8-10H2,1H3,(H,17,18)(H,19,20). The molecule has 110 valence electrons. The maximum absolute atomic E-state index is 11.7. The Morgan fingerprint density at radius 2 is 2.05 bits per heavy atom. The van der Waals surface area contributed by atoms with Gasteiger partial charge in [0, 0.05) is 18.0 Å². The molecule has 20 heavy (non-hydrogen) atoms. The van der Waals surface area contributed by atoms with Gasteiger partial charge in [-0.2, -0.15) is 0 Å². The van der Waals surface area contributed by atoms with E-state index in [9.17, 15) is 9.59 Å². The van der Waals surface area contributed by atoms with Gasteiger partial charge < -0.3 is 10.4 Å². The molecule has 1 unspecified atom stereocenters. The van der Waals surface area contributed by atoms with Crippen molar-refractivity contribution in [3.63, 3.8) is 0 Å². The van der Waals surface area contributed by atoms with E-state index in [1.807, 2.05) is 25.1 Å². The molecule has 0 aliphatic carbocycles. The van der Waals surface area contributed by atoms with Crippen LogP contribution in [-0.2, 0) is 16.0 Å². The fraction of sp³-hybridized carbons (Fsp3) is 0.467. The van der Waals surface area contributed by atoms with Gasteiger partial charge >= 0.3 is 5.97 Å². The smallest absolute Gasteiger partial charge is 0.308 e. The number of carboxylic acids is 1. The molecular formula is C15H20ClNO3. The Balaban J connectivity index is 2.37. The van der Waals surface area contributed by atoms with E-state index in [1.54, 1.807) is 6.07 Å². The van der Waals surface area contributed by atoms with Gasteiger partial charge in [0.05, 0.1) is 5.92 Å². The fourth-order valence-electron chi connectivity index (χ4n) is 1.94. The highest BCUT2D eigenvalue weighted by atomic mass is 35.5. The van der Waals surface area contributed by atoms with Crippen molar-refractivity contribution in [3.05, 3.63) is 34.9 Å². The molecule has 1 rings (SSSR count). The number of benzene rings is 1. The van der Waals surface area contributed by atoms with Crippen LogP contribution >= 0.6 is 11.6 Å². The topological polar surface area (TPSA) is 66.4 Å². The minimum Gasteiger partial charge on any atom is -0.481 e. The number of aryl methyl sites for hydroxylation is 1. The minimum absolute atomic E-state index is 0.146. The normalized spacial score (nSPS) is 11.9. The monoisotopic (exact) mass is 297 g/mol. The number of carboxylic acid groups (broad SMARTS) is 1. The van der Waals surface area contributed by atoms with Gasteiger partial charge in [0.1, 0.15) is 0 Å². The van der Waals surface area contributed by atoms with E-state index in [-0.39, 0.29) is 12.5 Å². The molecule has 1 atom stereocenters. The van der Waals surface area contributed by atoms with E-state index < -0.39 is 11.9 Å². The molecule has 4 nitrogen and oxygen atoms in total. The number of hydrogen-bond acceptors (Lipinski definition) is 2. The zero-order chi connectivity index (χ0) is 15.0. The molecule has 0 saturated heterocycles. The van der Waals surface area contributed by atoms with Crippen molar-refractivity contribution < 1.29 is 14.7 Å². The van der Waals surface area contributed by atoms with Gasteiger partial charge in [-0.1, -0.05) is 43.1 Å². The van der Waals surface area contributed by atoms with E-state index in [0.717, 1.165) is 12.0 Å².